The SMILES string of the molecule is O=CCCCCCCCCCC1=CC(=O)c2ccccc2C1=O. The lowest BCUT2D eigenvalue weighted by atomic mass is 9.87. The summed E-state index contributed by atoms with van der Waals surface area (Å²) in [5, 5.41) is 0. The Bertz CT molecular complexity index is 599. The molecule has 0 amide bonds. The van der Waals surface area contributed by atoms with Crippen LogP contribution in [0.15, 0.2) is 35.9 Å². The highest BCUT2D eigenvalue weighted by molar-refractivity contribution is 6.24. The quantitative estimate of drug-likeness (QED) is 0.465. The van der Waals surface area contributed by atoms with E-state index in [1.54, 1.807) is 24.3 Å². The number of allylic oxidation sites excluding steroid dienone is 2. The fraction of sp³-hybridized carbons (Fsp3) is 0.450. The highest BCUT2D eigenvalue weighted by atomic mass is 16.1. The highest BCUT2D eigenvalue weighted by Gasteiger charge is 2.24. The molecule has 0 aromatic heterocycles. The molecule has 1 aromatic carbocycles. The van der Waals surface area contributed by atoms with Gasteiger partial charge in [0.15, 0.2) is 11.6 Å². The van der Waals surface area contributed by atoms with Gasteiger partial charge in [-0.1, -0.05) is 56.4 Å². The largest absolute Gasteiger partial charge is 0.303 e. The average molecular weight is 312 g/mol. The van der Waals surface area contributed by atoms with E-state index in [-0.39, 0.29) is 11.6 Å². The molecule has 0 spiro atoms. The highest BCUT2D eigenvalue weighted by Crippen LogP contribution is 2.24. The number of fused-ring (bicyclic) bond motifs is 1. The smallest absolute Gasteiger partial charge is 0.189 e. The number of benzene rings is 1. The van der Waals surface area contributed by atoms with Crippen LogP contribution in [-0.4, -0.2) is 17.9 Å². The van der Waals surface area contributed by atoms with Crippen molar-refractivity contribution in [3.8, 4) is 0 Å². The summed E-state index contributed by atoms with van der Waals surface area (Å²) in [6.07, 6.45) is 11.5. The van der Waals surface area contributed by atoms with Gasteiger partial charge < -0.3 is 4.79 Å². The number of carbonyl (C=O) groups is 3. The molecule has 0 bridgehead atoms. The van der Waals surface area contributed by atoms with Gasteiger partial charge in [0, 0.05) is 23.1 Å². The van der Waals surface area contributed by atoms with E-state index in [9.17, 15) is 14.4 Å². The first-order valence-electron chi connectivity index (χ1n) is 8.56. The van der Waals surface area contributed by atoms with Gasteiger partial charge in [-0.3, -0.25) is 9.59 Å². The third kappa shape index (κ3) is 4.98. The van der Waals surface area contributed by atoms with Gasteiger partial charge in [-0.05, 0) is 25.3 Å². The Morgan fingerprint density at radius 1 is 0.783 bits per heavy atom. The van der Waals surface area contributed by atoms with E-state index in [1.165, 1.54) is 18.9 Å². The van der Waals surface area contributed by atoms with Crippen LogP contribution in [0.5, 0.6) is 0 Å². The van der Waals surface area contributed by atoms with Gasteiger partial charge in [-0.15, -0.1) is 0 Å². The van der Waals surface area contributed by atoms with Crippen molar-refractivity contribution in [2.75, 3.05) is 0 Å². The summed E-state index contributed by atoms with van der Waals surface area (Å²) in [6, 6.07) is 7.05. The molecule has 1 aliphatic carbocycles. The summed E-state index contributed by atoms with van der Waals surface area (Å²) in [6.45, 7) is 0. The number of hydrogen-bond donors (Lipinski definition) is 0. The topological polar surface area (TPSA) is 51.2 Å². The second-order valence-corrected chi connectivity index (χ2v) is 6.09. The van der Waals surface area contributed by atoms with E-state index < -0.39 is 0 Å². The summed E-state index contributed by atoms with van der Waals surface area (Å²) in [4.78, 5) is 34.6. The van der Waals surface area contributed by atoms with Crippen molar-refractivity contribution < 1.29 is 14.4 Å². The second kappa shape index (κ2) is 9.19. The zero-order chi connectivity index (χ0) is 16.5. The Morgan fingerprint density at radius 2 is 1.39 bits per heavy atom. The van der Waals surface area contributed by atoms with Crippen molar-refractivity contribution in [1.82, 2.24) is 0 Å². The molecule has 1 aliphatic rings. The monoisotopic (exact) mass is 312 g/mol. The molecule has 3 nitrogen and oxygen atoms in total. The molecule has 0 aliphatic heterocycles. The standard InChI is InChI=1S/C20H24O3/c21-14-10-6-4-2-1-3-5-7-11-16-15-19(22)17-12-8-9-13-18(17)20(16)23/h8-9,12-15H,1-7,10-11H2. The van der Waals surface area contributed by atoms with Gasteiger partial charge in [0.1, 0.15) is 6.29 Å². The predicted octanol–water partition coefficient (Wildman–Crippen LogP) is 4.70. The summed E-state index contributed by atoms with van der Waals surface area (Å²) in [5.74, 6) is -0.0422. The van der Waals surface area contributed by atoms with Gasteiger partial charge in [0.2, 0.25) is 0 Å². The first-order chi connectivity index (χ1) is 11.2. The van der Waals surface area contributed by atoms with E-state index in [2.05, 4.69) is 0 Å². The fourth-order valence-electron chi connectivity index (χ4n) is 2.98. The maximum Gasteiger partial charge on any atom is 0.189 e. The van der Waals surface area contributed by atoms with Crippen molar-refractivity contribution in [3.63, 3.8) is 0 Å². The molecule has 0 heterocycles. The Kier molecular flexibility index (Phi) is 6.92. The van der Waals surface area contributed by atoms with E-state index in [0.29, 0.717) is 29.5 Å². The normalized spacial score (nSPS) is 13.7. The van der Waals surface area contributed by atoms with E-state index in [1.807, 2.05) is 0 Å². The van der Waals surface area contributed by atoms with Crippen LogP contribution in [0.3, 0.4) is 0 Å². The zero-order valence-corrected chi connectivity index (χ0v) is 13.6. The summed E-state index contributed by atoms with van der Waals surface area (Å²) >= 11 is 0. The minimum absolute atomic E-state index is 0.00839. The Labute approximate surface area is 137 Å². The average Bonchev–Trinajstić information content (AvgIpc) is 2.57. The molecule has 0 N–H and O–H groups in total. The van der Waals surface area contributed by atoms with E-state index in [4.69, 9.17) is 0 Å². The molecule has 0 saturated heterocycles. The molecule has 2 rings (SSSR count). The number of unbranched alkanes of at least 4 members (excludes halogenated alkanes) is 7. The molecular weight excluding hydrogens is 288 g/mol. The first kappa shape index (κ1) is 17.3. The lowest BCUT2D eigenvalue weighted by Gasteiger charge is -2.14. The molecule has 1 aromatic rings. The predicted molar refractivity (Wildman–Crippen MR) is 90.8 cm³/mol. The number of hydrogen-bond acceptors (Lipinski definition) is 3. The molecule has 0 fully saturated rings. The minimum atomic E-state index is -0.0506. The van der Waals surface area contributed by atoms with E-state index in [0.717, 1.165) is 38.4 Å². The number of carbonyl (C=O) groups excluding carboxylic acids is 3. The van der Waals surface area contributed by atoms with Crippen molar-refractivity contribution in [3.05, 3.63) is 47.0 Å². The number of aldehydes is 1. The van der Waals surface area contributed by atoms with Gasteiger partial charge >= 0.3 is 0 Å². The molecule has 23 heavy (non-hydrogen) atoms. The van der Waals surface area contributed by atoms with Gasteiger partial charge in [0.25, 0.3) is 0 Å². The minimum Gasteiger partial charge on any atom is -0.303 e. The van der Waals surface area contributed by atoms with E-state index >= 15 is 0 Å². The number of ketones is 2. The van der Waals surface area contributed by atoms with Crippen molar-refractivity contribution >= 4 is 17.9 Å². The van der Waals surface area contributed by atoms with Crippen molar-refractivity contribution in [2.45, 2.75) is 57.8 Å². The first-order valence-corrected chi connectivity index (χ1v) is 8.56. The number of rotatable bonds is 10. The van der Waals surface area contributed by atoms with Crippen LogP contribution in [0, 0.1) is 0 Å². The second-order valence-electron chi connectivity index (χ2n) is 6.09. The number of Topliss-reactive ketones (excluding diaryl/α,β-unsaturated/α-hetero) is 1. The van der Waals surface area contributed by atoms with Gasteiger partial charge in [-0.2, -0.15) is 0 Å². The van der Waals surface area contributed by atoms with Crippen LogP contribution in [0.1, 0.15) is 78.5 Å². The lowest BCUT2D eigenvalue weighted by molar-refractivity contribution is -0.107. The lowest BCUT2D eigenvalue weighted by Crippen LogP contribution is -2.16. The molecule has 0 saturated carbocycles. The fourth-order valence-corrected chi connectivity index (χ4v) is 2.98. The Balaban J connectivity index is 1.70. The van der Waals surface area contributed by atoms with Crippen LogP contribution >= 0.6 is 0 Å². The summed E-state index contributed by atoms with van der Waals surface area (Å²) in [7, 11) is 0. The molecular formula is C20H24O3. The van der Waals surface area contributed by atoms with Gasteiger partial charge in [-0.25, -0.2) is 0 Å². The van der Waals surface area contributed by atoms with Gasteiger partial charge in [0.05, 0.1) is 0 Å². The van der Waals surface area contributed by atoms with Crippen LogP contribution in [0.2, 0.25) is 0 Å². The van der Waals surface area contributed by atoms with Crippen molar-refractivity contribution in [2.24, 2.45) is 0 Å². The Morgan fingerprint density at radius 3 is 2.09 bits per heavy atom. The summed E-state index contributed by atoms with van der Waals surface area (Å²) < 4.78 is 0. The molecule has 0 atom stereocenters. The third-order valence-electron chi connectivity index (χ3n) is 4.30. The molecule has 3 heteroatoms. The van der Waals surface area contributed by atoms with Crippen molar-refractivity contribution in [1.29, 1.82) is 0 Å². The maximum atomic E-state index is 12.4. The third-order valence-corrected chi connectivity index (χ3v) is 4.30. The van der Waals surface area contributed by atoms with Crippen LogP contribution < -0.4 is 0 Å². The maximum absolute atomic E-state index is 12.4. The molecule has 0 radical (unpaired) electrons. The molecule has 0 unspecified atom stereocenters. The van der Waals surface area contributed by atoms with Crippen LogP contribution in [0.4, 0.5) is 0 Å². The molecule has 122 valence electrons. The Hall–Kier alpha value is -2.03. The van der Waals surface area contributed by atoms with Crippen LogP contribution in [-0.2, 0) is 4.79 Å². The zero-order valence-electron chi connectivity index (χ0n) is 13.6. The van der Waals surface area contributed by atoms with Crippen LogP contribution in [0.25, 0.3) is 0 Å². The summed E-state index contributed by atoms with van der Waals surface area (Å²) in [5.41, 5.74) is 1.72.